The average Bonchev–Trinajstić information content (AvgIpc) is 2.37. The van der Waals surface area contributed by atoms with Gasteiger partial charge in [0.05, 0.1) is 7.11 Å². The van der Waals surface area contributed by atoms with Crippen LogP contribution in [0.3, 0.4) is 0 Å². The van der Waals surface area contributed by atoms with Crippen molar-refractivity contribution in [2.24, 2.45) is 11.8 Å². The van der Waals surface area contributed by atoms with E-state index in [0.29, 0.717) is 11.5 Å². The lowest BCUT2D eigenvalue weighted by Gasteiger charge is -2.25. The summed E-state index contributed by atoms with van der Waals surface area (Å²) in [5, 5.41) is 0. The summed E-state index contributed by atoms with van der Waals surface area (Å²) >= 11 is 0. The first-order valence-corrected chi connectivity index (χ1v) is 6.91. The van der Waals surface area contributed by atoms with Crippen LogP contribution in [0.15, 0.2) is 23.3 Å². The molecule has 1 rings (SSSR count). The van der Waals surface area contributed by atoms with Gasteiger partial charge in [0, 0.05) is 11.5 Å². The first-order chi connectivity index (χ1) is 8.95. The smallest absolute Gasteiger partial charge is 0.333 e. The van der Waals surface area contributed by atoms with Crippen LogP contribution in [-0.2, 0) is 14.3 Å². The summed E-state index contributed by atoms with van der Waals surface area (Å²) in [6.45, 7) is 5.90. The molecule has 0 aromatic rings. The topological polar surface area (TPSA) is 43.4 Å². The van der Waals surface area contributed by atoms with Crippen molar-refractivity contribution in [3.05, 3.63) is 23.3 Å². The molecule has 0 aliphatic heterocycles. The molecule has 3 heteroatoms. The van der Waals surface area contributed by atoms with Crippen LogP contribution in [0.25, 0.3) is 0 Å². The van der Waals surface area contributed by atoms with E-state index in [2.05, 4.69) is 11.7 Å². The fourth-order valence-corrected chi connectivity index (χ4v) is 2.52. The summed E-state index contributed by atoms with van der Waals surface area (Å²) in [4.78, 5) is 23.2. The Labute approximate surface area is 115 Å². The van der Waals surface area contributed by atoms with Crippen LogP contribution in [0.4, 0.5) is 0 Å². The van der Waals surface area contributed by atoms with Gasteiger partial charge in [-0.15, -0.1) is 0 Å². The Morgan fingerprint density at radius 3 is 2.84 bits per heavy atom. The zero-order valence-electron chi connectivity index (χ0n) is 12.4. The lowest BCUT2D eigenvalue weighted by atomic mass is 9.79. The van der Waals surface area contributed by atoms with Gasteiger partial charge in [-0.1, -0.05) is 18.6 Å². The molecule has 0 aromatic heterocycles. The maximum Gasteiger partial charge on any atom is 0.333 e. The largest absolute Gasteiger partial charge is 0.466 e. The zero-order chi connectivity index (χ0) is 14.4. The summed E-state index contributed by atoms with van der Waals surface area (Å²) in [6.07, 6.45) is 7.42. The van der Waals surface area contributed by atoms with Crippen LogP contribution < -0.4 is 0 Å². The molecule has 106 valence electrons. The monoisotopic (exact) mass is 264 g/mol. The molecular weight excluding hydrogens is 240 g/mol. The molecule has 19 heavy (non-hydrogen) atoms. The molecule has 0 spiro atoms. The highest BCUT2D eigenvalue weighted by atomic mass is 16.5. The highest BCUT2D eigenvalue weighted by molar-refractivity contribution is 5.93. The average molecular weight is 264 g/mol. The normalized spacial score (nSPS) is 21.9. The van der Waals surface area contributed by atoms with Gasteiger partial charge < -0.3 is 4.74 Å². The molecule has 2 atom stereocenters. The second kappa shape index (κ2) is 7.27. The maximum atomic E-state index is 11.9. The number of hydrogen-bond donors (Lipinski definition) is 0. The Morgan fingerprint density at radius 1 is 1.58 bits per heavy atom. The van der Waals surface area contributed by atoms with Crippen LogP contribution in [0.2, 0.25) is 0 Å². The van der Waals surface area contributed by atoms with E-state index in [4.69, 9.17) is 0 Å². The maximum absolute atomic E-state index is 11.9. The molecule has 0 bridgehead atoms. The third-order valence-electron chi connectivity index (χ3n) is 3.87. The minimum absolute atomic E-state index is 0.149. The molecule has 0 unspecified atom stereocenters. The number of carbonyl (C=O) groups excluding carboxylic acids is 2. The Balaban J connectivity index is 2.46. The quantitative estimate of drug-likeness (QED) is 0.564. The lowest BCUT2D eigenvalue weighted by molar-refractivity contribution is -0.136. The molecule has 0 saturated carbocycles. The van der Waals surface area contributed by atoms with Crippen molar-refractivity contribution in [1.29, 1.82) is 0 Å². The SMILES string of the molecule is COC(=O)/C(C)=C/CC[C@@H](C)[C@@H]1CCC(C)=CC1=O. The van der Waals surface area contributed by atoms with Gasteiger partial charge in [0.25, 0.3) is 0 Å². The number of carbonyl (C=O) groups is 2. The molecule has 1 aliphatic carbocycles. The molecular formula is C16H24O3. The van der Waals surface area contributed by atoms with E-state index in [1.54, 1.807) is 13.0 Å². The van der Waals surface area contributed by atoms with Crippen molar-refractivity contribution >= 4 is 11.8 Å². The zero-order valence-corrected chi connectivity index (χ0v) is 12.4. The Hall–Kier alpha value is -1.38. The van der Waals surface area contributed by atoms with Gasteiger partial charge >= 0.3 is 5.97 Å². The van der Waals surface area contributed by atoms with E-state index >= 15 is 0 Å². The fourth-order valence-electron chi connectivity index (χ4n) is 2.52. The summed E-state index contributed by atoms with van der Waals surface area (Å²) in [6, 6.07) is 0. The molecule has 0 fully saturated rings. The predicted molar refractivity (Wildman–Crippen MR) is 75.7 cm³/mol. The van der Waals surface area contributed by atoms with E-state index in [1.807, 2.05) is 13.0 Å². The van der Waals surface area contributed by atoms with Gasteiger partial charge in [-0.2, -0.15) is 0 Å². The number of hydrogen-bond acceptors (Lipinski definition) is 3. The van der Waals surface area contributed by atoms with Gasteiger partial charge in [-0.25, -0.2) is 4.79 Å². The second-order valence-electron chi connectivity index (χ2n) is 5.47. The van der Waals surface area contributed by atoms with Crippen molar-refractivity contribution < 1.29 is 14.3 Å². The van der Waals surface area contributed by atoms with Gasteiger partial charge in [0.1, 0.15) is 0 Å². The lowest BCUT2D eigenvalue weighted by Crippen LogP contribution is -2.23. The van der Waals surface area contributed by atoms with Crippen LogP contribution in [-0.4, -0.2) is 18.9 Å². The molecule has 0 amide bonds. The summed E-state index contributed by atoms with van der Waals surface area (Å²) in [5.41, 5.74) is 1.83. The van der Waals surface area contributed by atoms with Crippen LogP contribution in [0.5, 0.6) is 0 Å². The number of esters is 1. The standard InChI is InChI=1S/C16H24O3/c1-11-8-9-14(15(17)10-11)12(2)6-5-7-13(3)16(18)19-4/h7,10,12,14H,5-6,8-9H2,1-4H3/b13-7+/t12-,14+/m1/s1. The Morgan fingerprint density at radius 2 is 2.26 bits per heavy atom. The van der Waals surface area contributed by atoms with Crippen LogP contribution in [0, 0.1) is 11.8 Å². The van der Waals surface area contributed by atoms with Crippen molar-refractivity contribution in [2.75, 3.05) is 7.11 Å². The molecule has 0 N–H and O–H groups in total. The number of rotatable bonds is 5. The van der Waals surface area contributed by atoms with E-state index in [0.717, 1.165) is 25.7 Å². The Bertz CT molecular complexity index is 404. The highest BCUT2D eigenvalue weighted by Crippen LogP contribution is 2.29. The third kappa shape index (κ3) is 4.66. The number of ketones is 1. The van der Waals surface area contributed by atoms with Crippen molar-refractivity contribution in [1.82, 2.24) is 0 Å². The van der Waals surface area contributed by atoms with E-state index < -0.39 is 0 Å². The molecule has 0 heterocycles. The predicted octanol–water partition coefficient (Wildman–Crippen LogP) is 3.45. The van der Waals surface area contributed by atoms with E-state index in [9.17, 15) is 9.59 Å². The minimum Gasteiger partial charge on any atom is -0.466 e. The summed E-state index contributed by atoms with van der Waals surface area (Å²) in [5.74, 6) is 0.499. The fraction of sp³-hybridized carbons (Fsp3) is 0.625. The number of ether oxygens (including phenoxy) is 1. The molecule has 0 radical (unpaired) electrons. The van der Waals surface area contributed by atoms with Gasteiger partial charge in [-0.05, 0) is 51.5 Å². The third-order valence-corrected chi connectivity index (χ3v) is 3.87. The van der Waals surface area contributed by atoms with Gasteiger partial charge in [0.2, 0.25) is 0 Å². The number of allylic oxidation sites excluding steroid dienone is 3. The van der Waals surface area contributed by atoms with Gasteiger partial charge in [-0.3, -0.25) is 4.79 Å². The second-order valence-corrected chi connectivity index (χ2v) is 5.47. The molecule has 0 saturated heterocycles. The van der Waals surface area contributed by atoms with Crippen molar-refractivity contribution in [2.45, 2.75) is 46.5 Å². The van der Waals surface area contributed by atoms with Crippen LogP contribution >= 0.6 is 0 Å². The highest BCUT2D eigenvalue weighted by Gasteiger charge is 2.25. The van der Waals surface area contributed by atoms with E-state index in [1.165, 1.54) is 12.7 Å². The molecule has 3 nitrogen and oxygen atoms in total. The minimum atomic E-state index is -0.278. The van der Waals surface area contributed by atoms with Gasteiger partial charge in [0.15, 0.2) is 5.78 Å². The van der Waals surface area contributed by atoms with E-state index in [-0.39, 0.29) is 17.7 Å². The number of methoxy groups -OCH3 is 1. The first-order valence-electron chi connectivity index (χ1n) is 6.91. The summed E-state index contributed by atoms with van der Waals surface area (Å²) in [7, 11) is 1.39. The first kappa shape index (κ1) is 15.7. The molecule has 0 aromatic carbocycles. The van der Waals surface area contributed by atoms with Crippen LogP contribution in [0.1, 0.15) is 46.5 Å². The van der Waals surface area contributed by atoms with Crippen molar-refractivity contribution in [3.63, 3.8) is 0 Å². The summed E-state index contributed by atoms with van der Waals surface area (Å²) < 4.78 is 4.65. The Kier molecular flexibility index (Phi) is 6.00. The molecule has 1 aliphatic rings. The van der Waals surface area contributed by atoms with Crippen molar-refractivity contribution in [3.8, 4) is 0 Å².